The second kappa shape index (κ2) is 10.9. The Morgan fingerprint density at radius 1 is 1.21 bits per heavy atom. The molecule has 0 spiro atoms. The van der Waals surface area contributed by atoms with E-state index in [1.807, 2.05) is 0 Å². The van der Waals surface area contributed by atoms with Crippen molar-refractivity contribution in [2.24, 2.45) is 11.8 Å². The van der Waals surface area contributed by atoms with E-state index in [1.54, 1.807) is 12.1 Å². The van der Waals surface area contributed by atoms with E-state index >= 15 is 0 Å². The number of nitrogens with zero attached hydrogens (tertiary/aromatic N) is 1. The summed E-state index contributed by atoms with van der Waals surface area (Å²) in [5, 5.41) is 0. The van der Waals surface area contributed by atoms with Crippen LogP contribution in [-0.4, -0.2) is 38.6 Å². The van der Waals surface area contributed by atoms with Crippen LogP contribution in [0.25, 0.3) is 0 Å². The summed E-state index contributed by atoms with van der Waals surface area (Å²) in [5.74, 6) is 0.0124. The Morgan fingerprint density at radius 3 is 2.39 bits per heavy atom. The van der Waals surface area contributed by atoms with Gasteiger partial charge in [0.15, 0.2) is 0 Å². The maximum Gasteiger partial charge on any atom is 0.416 e. The molecule has 7 heteroatoms. The third kappa shape index (κ3) is 7.15. The number of piperidine rings is 1. The first kappa shape index (κ1) is 22.8. The Labute approximate surface area is 167 Å². The van der Waals surface area contributed by atoms with Gasteiger partial charge < -0.3 is 9.55 Å². The molecule has 0 bridgehead atoms. The topological polar surface area (TPSA) is 29.5 Å². The summed E-state index contributed by atoms with van der Waals surface area (Å²) in [6.45, 7) is 4.83. The number of likely N-dealkylation sites (tertiary alicyclic amines) is 1. The van der Waals surface area contributed by atoms with Crippen LogP contribution < -0.4 is 0 Å². The summed E-state index contributed by atoms with van der Waals surface area (Å²) >= 11 is 0. The molecule has 2 rings (SSSR count). The van der Waals surface area contributed by atoms with Crippen LogP contribution in [-0.2, 0) is 22.0 Å². The highest BCUT2D eigenvalue weighted by atomic mass is 19.4. The predicted molar refractivity (Wildman–Crippen MR) is 104 cm³/mol. The number of hydrogen-bond donors (Lipinski definition) is 0. The van der Waals surface area contributed by atoms with Crippen LogP contribution in [0.1, 0.15) is 56.6 Å². The van der Waals surface area contributed by atoms with Gasteiger partial charge in [-0.25, -0.2) is 0 Å². The van der Waals surface area contributed by atoms with Crippen LogP contribution >= 0.6 is 0 Å². The molecule has 3 nitrogen and oxygen atoms in total. The van der Waals surface area contributed by atoms with E-state index in [4.69, 9.17) is 8.05 Å². The number of carbonyl (C=O) groups excluding carboxylic acids is 1. The molecule has 0 aliphatic carbocycles. The molecular formula is C21H29BF3NO2. The van der Waals surface area contributed by atoms with Gasteiger partial charge in [-0.15, -0.1) is 0 Å². The summed E-state index contributed by atoms with van der Waals surface area (Å²) < 4.78 is 42.4. The number of rotatable bonds is 9. The molecule has 1 aromatic rings. The number of carbonyl (C=O) groups is 1. The fourth-order valence-electron chi connectivity index (χ4n) is 3.84. The minimum absolute atomic E-state index is 0.144. The van der Waals surface area contributed by atoms with Crippen molar-refractivity contribution in [3.63, 3.8) is 0 Å². The average molecular weight is 395 g/mol. The van der Waals surface area contributed by atoms with Gasteiger partial charge in [-0.1, -0.05) is 31.9 Å². The molecule has 28 heavy (non-hydrogen) atoms. The van der Waals surface area contributed by atoms with Crippen molar-refractivity contribution in [1.82, 2.24) is 4.90 Å². The van der Waals surface area contributed by atoms with Crippen LogP contribution in [0.15, 0.2) is 24.3 Å². The lowest BCUT2D eigenvalue weighted by Gasteiger charge is -2.32. The molecular weight excluding hydrogens is 366 g/mol. The minimum Gasteiger partial charge on any atom is -0.543 e. The molecule has 1 aliphatic rings. The number of unbranched alkanes of at least 4 members (excludes halogenated alkanes) is 1. The Hall–Kier alpha value is -1.50. The summed E-state index contributed by atoms with van der Waals surface area (Å²) in [4.78, 5) is 14.1. The third-order valence-corrected chi connectivity index (χ3v) is 5.66. The molecule has 1 unspecified atom stereocenters. The van der Waals surface area contributed by atoms with Crippen molar-refractivity contribution < 1.29 is 22.6 Å². The third-order valence-electron chi connectivity index (χ3n) is 5.66. The van der Waals surface area contributed by atoms with Gasteiger partial charge in [-0.3, -0.25) is 4.79 Å². The van der Waals surface area contributed by atoms with Gasteiger partial charge in [0.05, 0.1) is 11.5 Å². The van der Waals surface area contributed by atoms with Gasteiger partial charge in [0.25, 0.3) is 5.97 Å². The van der Waals surface area contributed by atoms with Crippen molar-refractivity contribution >= 4 is 14.0 Å². The summed E-state index contributed by atoms with van der Waals surface area (Å²) in [7, 11) is 5.05. The molecule has 1 atom stereocenters. The fraction of sp³-hybridized carbons (Fsp3) is 0.667. The van der Waals surface area contributed by atoms with E-state index in [0.717, 1.165) is 82.3 Å². The highest BCUT2D eigenvalue weighted by Crippen LogP contribution is 2.30. The average Bonchev–Trinajstić information content (AvgIpc) is 2.68. The molecule has 0 amide bonds. The van der Waals surface area contributed by atoms with E-state index in [-0.39, 0.29) is 11.9 Å². The summed E-state index contributed by atoms with van der Waals surface area (Å²) in [6, 6.07) is 5.51. The standard InChI is InChI=1S/C21H29BF3NO2/c1-2-3-4-18(20(27)28-22)11-14-26-12-9-17(10-13-26)15-16-5-7-19(8-6-16)21(23,24)25/h5-8,17-18H,2-4,9-15H2,1H3. The monoisotopic (exact) mass is 395 g/mol. The molecule has 1 saturated heterocycles. The van der Waals surface area contributed by atoms with Gasteiger partial charge in [0.1, 0.15) is 0 Å². The number of benzene rings is 1. The van der Waals surface area contributed by atoms with E-state index in [1.165, 1.54) is 0 Å². The molecule has 1 aromatic carbocycles. The normalized spacial score (nSPS) is 17.4. The Balaban J connectivity index is 1.75. The number of halogens is 3. The molecule has 0 N–H and O–H groups in total. The van der Waals surface area contributed by atoms with Crippen molar-refractivity contribution in [3.05, 3.63) is 35.4 Å². The maximum absolute atomic E-state index is 12.7. The highest BCUT2D eigenvalue weighted by molar-refractivity contribution is 6.05. The van der Waals surface area contributed by atoms with Crippen LogP contribution in [0, 0.1) is 11.8 Å². The smallest absolute Gasteiger partial charge is 0.416 e. The zero-order valence-electron chi connectivity index (χ0n) is 16.5. The lowest BCUT2D eigenvalue weighted by atomic mass is 9.89. The van der Waals surface area contributed by atoms with Crippen LogP contribution in [0.3, 0.4) is 0 Å². The first-order valence-electron chi connectivity index (χ1n) is 10.1. The van der Waals surface area contributed by atoms with Gasteiger partial charge in [0, 0.05) is 0 Å². The summed E-state index contributed by atoms with van der Waals surface area (Å²) in [6.07, 6.45) is 2.12. The Kier molecular flexibility index (Phi) is 8.86. The largest absolute Gasteiger partial charge is 0.543 e. The molecule has 0 aromatic heterocycles. The van der Waals surface area contributed by atoms with Gasteiger partial charge in [0.2, 0.25) is 0 Å². The molecule has 154 valence electrons. The van der Waals surface area contributed by atoms with Crippen molar-refractivity contribution in [1.29, 1.82) is 0 Å². The van der Waals surface area contributed by atoms with Crippen molar-refractivity contribution in [2.45, 2.75) is 58.0 Å². The molecule has 2 radical (unpaired) electrons. The van der Waals surface area contributed by atoms with Crippen molar-refractivity contribution in [3.8, 4) is 0 Å². The lowest BCUT2D eigenvalue weighted by molar-refractivity contribution is -0.139. The van der Waals surface area contributed by atoms with E-state index in [0.29, 0.717) is 5.92 Å². The first-order chi connectivity index (χ1) is 13.3. The molecule has 1 heterocycles. The zero-order valence-corrected chi connectivity index (χ0v) is 16.5. The predicted octanol–water partition coefficient (Wildman–Crippen LogP) is 4.78. The molecule has 1 fully saturated rings. The van der Waals surface area contributed by atoms with E-state index < -0.39 is 11.7 Å². The maximum atomic E-state index is 12.7. The summed E-state index contributed by atoms with van der Waals surface area (Å²) in [5.41, 5.74) is 0.358. The molecule has 0 saturated carbocycles. The van der Waals surface area contributed by atoms with Crippen molar-refractivity contribution in [2.75, 3.05) is 19.6 Å². The fourth-order valence-corrected chi connectivity index (χ4v) is 3.84. The van der Waals surface area contributed by atoms with Crippen LogP contribution in [0.5, 0.6) is 0 Å². The zero-order chi connectivity index (χ0) is 20.6. The second-order valence-corrected chi connectivity index (χ2v) is 7.75. The van der Waals surface area contributed by atoms with Gasteiger partial charge >= 0.3 is 14.2 Å². The van der Waals surface area contributed by atoms with Gasteiger partial charge in [-0.05, 0) is 75.4 Å². The molecule has 1 aliphatic heterocycles. The lowest BCUT2D eigenvalue weighted by Crippen LogP contribution is -2.36. The first-order valence-corrected chi connectivity index (χ1v) is 10.1. The highest BCUT2D eigenvalue weighted by Gasteiger charge is 2.30. The van der Waals surface area contributed by atoms with E-state index in [9.17, 15) is 18.0 Å². The number of alkyl halides is 3. The van der Waals surface area contributed by atoms with Gasteiger partial charge in [-0.2, -0.15) is 13.2 Å². The van der Waals surface area contributed by atoms with Crippen LogP contribution in [0.2, 0.25) is 0 Å². The van der Waals surface area contributed by atoms with E-state index in [2.05, 4.69) is 16.5 Å². The minimum atomic E-state index is -4.28. The second-order valence-electron chi connectivity index (χ2n) is 7.75. The Bertz CT molecular complexity index is 599. The van der Waals surface area contributed by atoms with Crippen LogP contribution in [0.4, 0.5) is 13.2 Å². The number of hydrogen-bond acceptors (Lipinski definition) is 3. The quantitative estimate of drug-likeness (QED) is 0.564. The Morgan fingerprint density at radius 2 is 1.86 bits per heavy atom. The SMILES string of the molecule is [B]OC(=O)C(CCCC)CCN1CCC(Cc2ccc(C(F)(F)F)cc2)CC1.